The number of hydrogen-bond donors (Lipinski definition) is 2. The number of likely N-dealkylation sites (tertiary alicyclic amines) is 1. The van der Waals surface area contributed by atoms with Crippen LogP contribution in [0.5, 0.6) is 6.01 Å². The molecular formula is C32H34ClF2N6O5P. The Bertz CT molecular complexity index is 1920. The molecule has 0 unspecified atom stereocenters. The topological polar surface area (TPSA) is 132 Å². The Kier molecular flexibility index (Phi) is 8.33. The Morgan fingerprint density at radius 3 is 2.72 bits per heavy atom. The van der Waals surface area contributed by atoms with Crippen molar-refractivity contribution in [2.75, 3.05) is 57.4 Å². The van der Waals surface area contributed by atoms with Gasteiger partial charge in [0.15, 0.2) is 5.82 Å². The standard InChI is InChI=1S/C32H34ClF2N6O5P/c1-39(13-19-14-40(15-19)25(42)17-47(43,44)45)30-23-12-36-28(22-7-2-5-20-6-3-8-24(33)26(20)22)27(35)29(23)37-31(38-30)46-18-32-9-4-10-41(32)16-21(34)11-32/h2-3,5-8,12,19,21H,4,9-11,13-18H2,1H3,(H2,43,44,45)/t21-,32+/m1/s1. The van der Waals surface area contributed by atoms with E-state index >= 15 is 4.39 Å². The molecule has 3 fully saturated rings. The zero-order valence-corrected chi connectivity index (χ0v) is 27.3. The van der Waals surface area contributed by atoms with Crippen LogP contribution >= 0.6 is 19.2 Å². The first-order valence-corrected chi connectivity index (χ1v) is 17.7. The van der Waals surface area contributed by atoms with Gasteiger partial charge < -0.3 is 24.3 Å². The molecule has 5 heterocycles. The highest BCUT2D eigenvalue weighted by Gasteiger charge is 2.49. The summed E-state index contributed by atoms with van der Waals surface area (Å²) in [6.45, 7) is 2.37. The molecule has 2 aromatic carbocycles. The van der Waals surface area contributed by atoms with E-state index in [1.165, 1.54) is 11.1 Å². The first-order chi connectivity index (χ1) is 22.4. The van der Waals surface area contributed by atoms with E-state index in [9.17, 15) is 13.8 Å². The number of amides is 1. The van der Waals surface area contributed by atoms with Crippen molar-refractivity contribution in [1.82, 2.24) is 24.8 Å². The maximum absolute atomic E-state index is 16.6. The number of hydrogen-bond acceptors (Lipinski definition) is 8. The largest absolute Gasteiger partial charge is 0.461 e. The Labute approximate surface area is 274 Å². The number of nitrogens with zero attached hydrogens (tertiary/aromatic N) is 6. The maximum Gasteiger partial charge on any atom is 0.334 e. The van der Waals surface area contributed by atoms with Gasteiger partial charge in [-0.3, -0.25) is 19.2 Å². The number of benzene rings is 2. The number of carbonyl (C=O) groups is 1. The van der Waals surface area contributed by atoms with Gasteiger partial charge in [-0.25, -0.2) is 8.78 Å². The summed E-state index contributed by atoms with van der Waals surface area (Å²) in [6, 6.07) is 10.9. The second kappa shape index (κ2) is 12.2. The van der Waals surface area contributed by atoms with Crippen LogP contribution in [0.25, 0.3) is 32.9 Å². The summed E-state index contributed by atoms with van der Waals surface area (Å²) in [5.74, 6) is -0.916. The fourth-order valence-electron chi connectivity index (χ4n) is 7.34. The van der Waals surface area contributed by atoms with Crippen molar-refractivity contribution < 1.29 is 32.7 Å². The molecule has 15 heteroatoms. The number of rotatable bonds is 9. The SMILES string of the molecule is CN(CC1CN(C(=O)CP(=O)(O)O)C1)c1nc(OC[C@@]23CCCN2C[C@H](F)C3)nc2c(F)c(-c3cccc4cccc(Cl)c34)ncc12. The number of fused-ring (bicyclic) bond motifs is 3. The molecule has 248 valence electrons. The van der Waals surface area contributed by atoms with Crippen molar-refractivity contribution in [3.05, 3.63) is 53.4 Å². The molecule has 2 aromatic heterocycles. The van der Waals surface area contributed by atoms with Crippen molar-refractivity contribution in [1.29, 1.82) is 0 Å². The molecular weight excluding hydrogens is 653 g/mol. The van der Waals surface area contributed by atoms with Crippen molar-refractivity contribution in [3.63, 3.8) is 0 Å². The fourth-order valence-corrected chi connectivity index (χ4v) is 8.18. The number of pyridine rings is 1. The highest BCUT2D eigenvalue weighted by atomic mass is 35.5. The summed E-state index contributed by atoms with van der Waals surface area (Å²) in [5, 5.41) is 2.31. The number of anilines is 1. The maximum atomic E-state index is 16.6. The van der Waals surface area contributed by atoms with Gasteiger partial charge in [-0.2, -0.15) is 9.97 Å². The van der Waals surface area contributed by atoms with E-state index in [4.69, 9.17) is 26.1 Å². The summed E-state index contributed by atoms with van der Waals surface area (Å²) >= 11 is 6.56. The summed E-state index contributed by atoms with van der Waals surface area (Å²) in [7, 11) is -2.68. The molecule has 47 heavy (non-hydrogen) atoms. The lowest BCUT2D eigenvalue weighted by atomic mass is 9.95. The Hall–Kier alpha value is -3.48. The molecule has 0 aliphatic carbocycles. The molecule has 0 saturated carbocycles. The molecule has 7 rings (SSSR count). The normalized spacial score (nSPS) is 21.7. The number of carbonyl (C=O) groups excluding carboxylic acids is 1. The van der Waals surface area contributed by atoms with Crippen molar-refractivity contribution >= 4 is 52.6 Å². The molecule has 0 radical (unpaired) electrons. The minimum absolute atomic E-state index is 0.00790. The van der Waals surface area contributed by atoms with Crippen LogP contribution in [0.3, 0.4) is 0 Å². The molecule has 2 atom stereocenters. The minimum atomic E-state index is -4.46. The van der Waals surface area contributed by atoms with E-state index in [1.807, 2.05) is 29.2 Å². The summed E-state index contributed by atoms with van der Waals surface area (Å²) in [6.07, 6.45) is 1.84. The third kappa shape index (κ3) is 6.15. The molecule has 2 N–H and O–H groups in total. The third-order valence-corrected chi connectivity index (χ3v) is 10.5. The molecule has 0 spiro atoms. The van der Waals surface area contributed by atoms with Crippen LogP contribution < -0.4 is 9.64 Å². The van der Waals surface area contributed by atoms with Crippen LogP contribution in [-0.2, 0) is 9.36 Å². The lowest BCUT2D eigenvalue weighted by molar-refractivity contribution is -0.134. The average Bonchev–Trinajstić information content (AvgIpc) is 3.52. The summed E-state index contributed by atoms with van der Waals surface area (Å²) in [4.78, 5) is 49.6. The summed E-state index contributed by atoms with van der Waals surface area (Å²) < 4.78 is 48.5. The van der Waals surface area contributed by atoms with E-state index in [0.29, 0.717) is 59.8 Å². The van der Waals surface area contributed by atoms with Crippen LogP contribution in [0.1, 0.15) is 19.3 Å². The molecule has 3 aliphatic rings. The number of ether oxygens (including phenoxy) is 1. The van der Waals surface area contributed by atoms with E-state index < -0.39 is 37.2 Å². The lowest BCUT2D eigenvalue weighted by Crippen LogP contribution is -2.54. The lowest BCUT2D eigenvalue weighted by Gasteiger charge is -2.41. The zero-order chi connectivity index (χ0) is 33.1. The van der Waals surface area contributed by atoms with Gasteiger partial charge in [0.1, 0.15) is 36.0 Å². The van der Waals surface area contributed by atoms with Gasteiger partial charge in [0, 0.05) is 67.7 Å². The van der Waals surface area contributed by atoms with Gasteiger partial charge in [0.25, 0.3) is 0 Å². The van der Waals surface area contributed by atoms with Gasteiger partial charge in [0.05, 0.1) is 10.9 Å². The third-order valence-electron chi connectivity index (χ3n) is 9.53. The predicted octanol–water partition coefficient (Wildman–Crippen LogP) is 4.67. The average molecular weight is 687 g/mol. The van der Waals surface area contributed by atoms with E-state index in [-0.39, 0.29) is 29.7 Å². The second-order valence-electron chi connectivity index (χ2n) is 12.9. The van der Waals surface area contributed by atoms with E-state index in [2.05, 4.69) is 19.9 Å². The number of aromatic nitrogens is 3. The molecule has 0 bridgehead atoms. The number of halogens is 3. The predicted molar refractivity (Wildman–Crippen MR) is 174 cm³/mol. The quantitative estimate of drug-likeness (QED) is 0.240. The zero-order valence-electron chi connectivity index (χ0n) is 25.7. The van der Waals surface area contributed by atoms with Crippen molar-refractivity contribution in [3.8, 4) is 17.3 Å². The van der Waals surface area contributed by atoms with Crippen molar-refractivity contribution in [2.45, 2.75) is 31.0 Å². The van der Waals surface area contributed by atoms with Gasteiger partial charge in [-0.05, 0) is 30.8 Å². The van der Waals surface area contributed by atoms with Gasteiger partial charge >= 0.3 is 13.6 Å². The van der Waals surface area contributed by atoms with Crippen LogP contribution in [0.2, 0.25) is 5.02 Å². The van der Waals surface area contributed by atoms with Crippen LogP contribution in [-0.4, -0.2) is 105 Å². The van der Waals surface area contributed by atoms with Crippen LogP contribution in [0, 0.1) is 11.7 Å². The van der Waals surface area contributed by atoms with E-state index in [0.717, 1.165) is 24.8 Å². The monoisotopic (exact) mass is 686 g/mol. The molecule has 3 aliphatic heterocycles. The number of alkyl halides is 1. The van der Waals surface area contributed by atoms with Crippen LogP contribution in [0.4, 0.5) is 14.6 Å². The Balaban J connectivity index is 1.23. The van der Waals surface area contributed by atoms with Gasteiger partial charge in [-0.15, -0.1) is 0 Å². The molecule has 1 amide bonds. The van der Waals surface area contributed by atoms with Gasteiger partial charge in [0.2, 0.25) is 5.91 Å². The Morgan fingerprint density at radius 2 is 1.96 bits per heavy atom. The molecule has 4 aromatic rings. The minimum Gasteiger partial charge on any atom is -0.461 e. The van der Waals surface area contributed by atoms with Crippen molar-refractivity contribution in [2.24, 2.45) is 5.92 Å². The highest BCUT2D eigenvalue weighted by molar-refractivity contribution is 7.52. The molecule has 3 saturated heterocycles. The summed E-state index contributed by atoms with van der Waals surface area (Å²) in [5.41, 5.74) is 0.136. The fraction of sp³-hybridized carbons (Fsp3) is 0.438. The highest BCUT2D eigenvalue weighted by Crippen LogP contribution is 2.41. The van der Waals surface area contributed by atoms with Crippen LogP contribution in [0.15, 0.2) is 42.6 Å². The van der Waals surface area contributed by atoms with Gasteiger partial charge in [-0.1, -0.05) is 41.9 Å². The Morgan fingerprint density at radius 1 is 1.19 bits per heavy atom. The first-order valence-electron chi connectivity index (χ1n) is 15.5. The molecule has 11 nitrogen and oxygen atoms in total. The second-order valence-corrected chi connectivity index (χ2v) is 14.9. The first kappa shape index (κ1) is 32.1. The smallest absolute Gasteiger partial charge is 0.334 e. The van der Waals surface area contributed by atoms with E-state index in [1.54, 1.807) is 19.2 Å².